The Hall–Kier alpha value is -2.44. The van der Waals surface area contributed by atoms with E-state index in [1.54, 1.807) is 6.07 Å². The summed E-state index contributed by atoms with van der Waals surface area (Å²) in [7, 11) is 0. The summed E-state index contributed by atoms with van der Waals surface area (Å²) in [6, 6.07) is 1.80. The second-order valence-electron chi connectivity index (χ2n) is 3.27. The summed E-state index contributed by atoms with van der Waals surface area (Å²) in [6.45, 7) is 0. The molecule has 0 saturated carbocycles. The molecule has 1 atom stereocenters. The molecule has 7 heteroatoms. The lowest BCUT2D eigenvalue weighted by atomic mass is 10.1. The molecular weight excluding hydrogens is 226 g/mol. The number of aliphatic carboxylic acids is 1. The van der Waals surface area contributed by atoms with E-state index in [1.165, 1.54) is 18.5 Å². The second kappa shape index (κ2) is 5.59. The molecule has 4 N–H and O–H groups in total. The molecule has 1 aromatic heterocycles. The van der Waals surface area contributed by atoms with Crippen LogP contribution in [0.3, 0.4) is 0 Å². The van der Waals surface area contributed by atoms with Gasteiger partial charge in [-0.05, 0) is 12.1 Å². The van der Waals surface area contributed by atoms with E-state index < -0.39 is 30.2 Å². The van der Waals surface area contributed by atoms with Crippen molar-refractivity contribution in [1.82, 2.24) is 10.3 Å². The number of pyridine rings is 1. The SMILES string of the molecule is NC(=O)[C@@H](CC(=O)O)NC(=O)c1cccnc1. The third-order valence-electron chi connectivity index (χ3n) is 1.95. The predicted molar refractivity (Wildman–Crippen MR) is 56.9 cm³/mol. The van der Waals surface area contributed by atoms with Crippen molar-refractivity contribution in [3.05, 3.63) is 30.1 Å². The summed E-state index contributed by atoms with van der Waals surface area (Å²) in [4.78, 5) is 36.7. The van der Waals surface area contributed by atoms with E-state index in [9.17, 15) is 14.4 Å². The summed E-state index contributed by atoms with van der Waals surface area (Å²) in [6.07, 6.45) is 2.23. The van der Waals surface area contributed by atoms with Gasteiger partial charge in [-0.2, -0.15) is 0 Å². The zero-order valence-corrected chi connectivity index (χ0v) is 8.79. The number of carbonyl (C=O) groups excluding carboxylic acids is 2. The number of nitrogens with two attached hydrogens (primary N) is 1. The average Bonchev–Trinajstić information content (AvgIpc) is 2.28. The third-order valence-corrected chi connectivity index (χ3v) is 1.95. The van der Waals surface area contributed by atoms with Crippen LogP contribution in [0.4, 0.5) is 0 Å². The highest BCUT2D eigenvalue weighted by Gasteiger charge is 2.21. The molecule has 1 aromatic rings. The third kappa shape index (κ3) is 3.90. The summed E-state index contributed by atoms with van der Waals surface area (Å²) in [5.74, 6) is -2.71. The molecule has 7 nitrogen and oxygen atoms in total. The van der Waals surface area contributed by atoms with Crippen molar-refractivity contribution < 1.29 is 19.5 Å². The molecule has 0 aliphatic rings. The first-order valence-electron chi connectivity index (χ1n) is 4.72. The molecular formula is C10H11N3O4. The molecule has 0 aliphatic heterocycles. The summed E-state index contributed by atoms with van der Waals surface area (Å²) in [5, 5.41) is 10.8. The molecule has 0 aliphatic carbocycles. The van der Waals surface area contributed by atoms with E-state index in [0.717, 1.165) is 0 Å². The fourth-order valence-electron chi connectivity index (χ4n) is 1.14. The van der Waals surface area contributed by atoms with Crippen LogP contribution in [0.15, 0.2) is 24.5 Å². The first-order valence-corrected chi connectivity index (χ1v) is 4.72. The Labute approximate surface area is 96.6 Å². The minimum absolute atomic E-state index is 0.226. The van der Waals surface area contributed by atoms with Crippen LogP contribution < -0.4 is 11.1 Å². The van der Waals surface area contributed by atoms with E-state index in [0.29, 0.717) is 0 Å². The van der Waals surface area contributed by atoms with E-state index in [2.05, 4.69) is 10.3 Å². The highest BCUT2D eigenvalue weighted by molar-refractivity contribution is 5.97. The van der Waals surface area contributed by atoms with Crippen LogP contribution in [0.5, 0.6) is 0 Å². The Morgan fingerprint density at radius 3 is 2.65 bits per heavy atom. The number of carboxylic acid groups (broad SMARTS) is 1. The number of primary amides is 1. The lowest BCUT2D eigenvalue weighted by Crippen LogP contribution is -2.45. The number of aromatic nitrogens is 1. The van der Waals surface area contributed by atoms with Gasteiger partial charge in [0.05, 0.1) is 12.0 Å². The highest BCUT2D eigenvalue weighted by Crippen LogP contribution is 1.98. The maximum Gasteiger partial charge on any atom is 0.305 e. The van der Waals surface area contributed by atoms with Crippen molar-refractivity contribution in [3.63, 3.8) is 0 Å². The van der Waals surface area contributed by atoms with E-state index in [4.69, 9.17) is 10.8 Å². The van der Waals surface area contributed by atoms with Crippen molar-refractivity contribution in [2.45, 2.75) is 12.5 Å². The lowest BCUT2D eigenvalue weighted by Gasteiger charge is -2.12. The van der Waals surface area contributed by atoms with Gasteiger partial charge in [0.25, 0.3) is 5.91 Å². The number of amides is 2. The van der Waals surface area contributed by atoms with Gasteiger partial charge in [0.2, 0.25) is 5.91 Å². The molecule has 0 unspecified atom stereocenters. The number of rotatable bonds is 5. The maximum atomic E-state index is 11.6. The van der Waals surface area contributed by atoms with Gasteiger partial charge in [0, 0.05) is 12.4 Å². The molecule has 0 saturated heterocycles. The van der Waals surface area contributed by atoms with Crippen molar-refractivity contribution in [2.75, 3.05) is 0 Å². The number of hydrogen-bond acceptors (Lipinski definition) is 4. The van der Waals surface area contributed by atoms with Crippen LogP contribution in [0.25, 0.3) is 0 Å². The molecule has 1 rings (SSSR count). The highest BCUT2D eigenvalue weighted by atomic mass is 16.4. The Balaban J connectivity index is 2.71. The first kappa shape index (κ1) is 12.6. The van der Waals surface area contributed by atoms with Gasteiger partial charge >= 0.3 is 5.97 Å². The van der Waals surface area contributed by atoms with E-state index in [-0.39, 0.29) is 5.56 Å². The number of carboxylic acids is 1. The predicted octanol–water partition coefficient (Wildman–Crippen LogP) is -0.860. The standard InChI is InChI=1S/C10H11N3O4/c11-9(16)7(4-8(14)15)13-10(17)6-2-1-3-12-5-6/h1-3,5,7H,4H2,(H2,11,16)(H,13,17)(H,14,15)/t7-/m1/s1. The van der Waals surface area contributed by atoms with Gasteiger partial charge in [0.1, 0.15) is 6.04 Å². The van der Waals surface area contributed by atoms with Crippen molar-refractivity contribution in [1.29, 1.82) is 0 Å². The summed E-state index contributed by atoms with van der Waals surface area (Å²) < 4.78 is 0. The fraction of sp³-hybridized carbons (Fsp3) is 0.200. The summed E-state index contributed by atoms with van der Waals surface area (Å²) >= 11 is 0. The molecule has 90 valence electrons. The van der Waals surface area contributed by atoms with Gasteiger partial charge < -0.3 is 16.2 Å². The van der Waals surface area contributed by atoms with Crippen molar-refractivity contribution in [2.24, 2.45) is 5.73 Å². The van der Waals surface area contributed by atoms with Crippen molar-refractivity contribution in [3.8, 4) is 0 Å². The van der Waals surface area contributed by atoms with Crippen LogP contribution in [0.1, 0.15) is 16.8 Å². The zero-order chi connectivity index (χ0) is 12.8. The Morgan fingerprint density at radius 2 is 2.18 bits per heavy atom. The molecule has 17 heavy (non-hydrogen) atoms. The van der Waals surface area contributed by atoms with Gasteiger partial charge in [0.15, 0.2) is 0 Å². The van der Waals surface area contributed by atoms with Gasteiger partial charge in [-0.15, -0.1) is 0 Å². The Bertz CT molecular complexity index is 432. The van der Waals surface area contributed by atoms with E-state index in [1.807, 2.05) is 0 Å². The smallest absolute Gasteiger partial charge is 0.305 e. The van der Waals surface area contributed by atoms with Crippen LogP contribution in [-0.2, 0) is 9.59 Å². The van der Waals surface area contributed by atoms with Crippen LogP contribution in [0, 0.1) is 0 Å². The minimum atomic E-state index is -1.24. The monoisotopic (exact) mass is 237 g/mol. The molecule has 0 spiro atoms. The lowest BCUT2D eigenvalue weighted by molar-refractivity contribution is -0.139. The summed E-state index contributed by atoms with van der Waals surface area (Å²) in [5.41, 5.74) is 5.20. The molecule has 0 radical (unpaired) electrons. The quantitative estimate of drug-likeness (QED) is 0.615. The number of hydrogen-bond donors (Lipinski definition) is 3. The molecule has 0 bridgehead atoms. The minimum Gasteiger partial charge on any atom is -0.481 e. The van der Waals surface area contributed by atoms with Gasteiger partial charge in [-0.25, -0.2) is 0 Å². The van der Waals surface area contributed by atoms with Gasteiger partial charge in [-0.1, -0.05) is 0 Å². The molecule has 0 fully saturated rings. The topological polar surface area (TPSA) is 122 Å². The van der Waals surface area contributed by atoms with Crippen molar-refractivity contribution >= 4 is 17.8 Å². The zero-order valence-electron chi connectivity index (χ0n) is 8.79. The van der Waals surface area contributed by atoms with Crippen LogP contribution in [0.2, 0.25) is 0 Å². The molecule has 1 heterocycles. The Kier molecular flexibility index (Phi) is 4.15. The largest absolute Gasteiger partial charge is 0.481 e. The fourth-order valence-corrected chi connectivity index (χ4v) is 1.14. The first-order chi connectivity index (χ1) is 8.00. The normalized spacial score (nSPS) is 11.5. The molecule has 0 aromatic carbocycles. The van der Waals surface area contributed by atoms with Crippen LogP contribution in [-0.4, -0.2) is 33.9 Å². The number of nitrogens with one attached hydrogen (secondary N) is 1. The van der Waals surface area contributed by atoms with Crippen LogP contribution >= 0.6 is 0 Å². The number of nitrogens with zero attached hydrogens (tertiary/aromatic N) is 1. The Morgan fingerprint density at radius 1 is 1.47 bits per heavy atom. The number of carbonyl (C=O) groups is 3. The maximum absolute atomic E-state index is 11.6. The molecule has 2 amide bonds. The van der Waals surface area contributed by atoms with E-state index >= 15 is 0 Å². The average molecular weight is 237 g/mol. The second-order valence-corrected chi connectivity index (χ2v) is 3.27. The van der Waals surface area contributed by atoms with Gasteiger partial charge in [-0.3, -0.25) is 19.4 Å².